The molecule has 0 amide bonds. The fourth-order valence-corrected chi connectivity index (χ4v) is 1.17. The summed E-state index contributed by atoms with van der Waals surface area (Å²) in [5.41, 5.74) is 1.08. The highest BCUT2D eigenvalue weighted by atomic mass is 16.5. The predicted octanol–water partition coefficient (Wildman–Crippen LogP) is 1.66. The number of aliphatic carboxylic acids is 1. The maximum atomic E-state index is 11.1. The molecule has 1 aromatic carbocycles. The second kappa shape index (κ2) is 4.59. The Morgan fingerprint density at radius 3 is 2.20 bits per heavy atom. The lowest BCUT2D eigenvalue weighted by Gasteiger charge is -2.06. The lowest BCUT2D eigenvalue weighted by Crippen LogP contribution is -2.08. The first-order valence-electron chi connectivity index (χ1n) is 4.47. The summed E-state index contributed by atoms with van der Waals surface area (Å²) in [6.45, 7) is 1.59. The molecule has 0 aliphatic heterocycles. The van der Waals surface area contributed by atoms with E-state index in [0.29, 0.717) is 11.1 Å². The second-order valence-corrected chi connectivity index (χ2v) is 3.17. The molecule has 1 N–H and O–H groups in total. The number of carbonyl (C=O) groups excluding carboxylic acids is 1. The lowest BCUT2D eigenvalue weighted by atomic mass is 10.0. The molecular formula is C11H12O4. The highest BCUT2D eigenvalue weighted by Crippen LogP contribution is 2.16. The summed E-state index contributed by atoms with van der Waals surface area (Å²) in [7, 11) is 1.30. The van der Waals surface area contributed by atoms with Crippen molar-refractivity contribution in [3.05, 3.63) is 35.4 Å². The van der Waals surface area contributed by atoms with Crippen LogP contribution in [-0.2, 0) is 9.53 Å². The number of carbonyl (C=O) groups is 2. The molecule has 0 saturated heterocycles. The number of hydrogen-bond donors (Lipinski definition) is 1. The molecule has 1 rings (SSSR count). The predicted molar refractivity (Wildman–Crippen MR) is 53.8 cm³/mol. The van der Waals surface area contributed by atoms with Gasteiger partial charge in [0.15, 0.2) is 0 Å². The van der Waals surface area contributed by atoms with Crippen LogP contribution in [0.3, 0.4) is 0 Å². The maximum absolute atomic E-state index is 11.1. The molecule has 1 aromatic rings. The van der Waals surface area contributed by atoms with Crippen molar-refractivity contribution in [3.63, 3.8) is 0 Å². The van der Waals surface area contributed by atoms with Gasteiger partial charge in [0.05, 0.1) is 18.6 Å². The van der Waals surface area contributed by atoms with E-state index < -0.39 is 17.9 Å². The summed E-state index contributed by atoms with van der Waals surface area (Å²) in [6, 6.07) is 6.34. The fraction of sp³-hybridized carbons (Fsp3) is 0.273. The molecule has 4 heteroatoms. The van der Waals surface area contributed by atoms with Gasteiger partial charge in [0.2, 0.25) is 0 Å². The van der Waals surface area contributed by atoms with Crippen LogP contribution in [0.15, 0.2) is 24.3 Å². The molecule has 0 saturated carbocycles. The van der Waals surface area contributed by atoms with E-state index in [4.69, 9.17) is 5.11 Å². The third-order valence-electron chi connectivity index (χ3n) is 2.20. The standard InChI is InChI=1S/C11H12O4/c1-7(10(12)13)8-3-5-9(6-4-8)11(14)15-2/h3-7H,1-2H3,(H,12,13)/t7-/m0/s1. The van der Waals surface area contributed by atoms with Gasteiger partial charge in [-0.25, -0.2) is 4.79 Å². The van der Waals surface area contributed by atoms with Gasteiger partial charge in [-0.1, -0.05) is 12.1 Å². The van der Waals surface area contributed by atoms with Crippen LogP contribution in [0.4, 0.5) is 0 Å². The summed E-state index contributed by atoms with van der Waals surface area (Å²) in [6.07, 6.45) is 0. The minimum absolute atomic E-state index is 0.416. The van der Waals surface area contributed by atoms with Gasteiger partial charge in [0.25, 0.3) is 0 Å². The molecule has 0 heterocycles. The number of carboxylic acids is 1. The van der Waals surface area contributed by atoms with E-state index in [0.717, 1.165) is 0 Å². The van der Waals surface area contributed by atoms with E-state index in [1.807, 2.05) is 0 Å². The third kappa shape index (κ3) is 2.56. The zero-order valence-corrected chi connectivity index (χ0v) is 8.56. The third-order valence-corrected chi connectivity index (χ3v) is 2.20. The second-order valence-electron chi connectivity index (χ2n) is 3.17. The summed E-state index contributed by atoms with van der Waals surface area (Å²) in [4.78, 5) is 21.8. The van der Waals surface area contributed by atoms with Crippen LogP contribution in [0, 0.1) is 0 Å². The Labute approximate surface area is 87.5 Å². The summed E-state index contributed by atoms with van der Waals surface area (Å²) >= 11 is 0. The average molecular weight is 208 g/mol. The normalized spacial score (nSPS) is 11.9. The number of benzene rings is 1. The maximum Gasteiger partial charge on any atom is 0.337 e. The molecule has 0 aromatic heterocycles. The van der Waals surface area contributed by atoms with Gasteiger partial charge in [-0.2, -0.15) is 0 Å². The van der Waals surface area contributed by atoms with Crippen molar-refractivity contribution in [2.45, 2.75) is 12.8 Å². The highest BCUT2D eigenvalue weighted by Gasteiger charge is 2.14. The van der Waals surface area contributed by atoms with E-state index in [2.05, 4.69) is 4.74 Å². The number of carboxylic acid groups (broad SMARTS) is 1. The van der Waals surface area contributed by atoms with E-state index >= 15 is 0 Å². The van der Waals surface area contributed by atoms with Gasteiger partial charge < -0.3 is 9.84 Å². The SMILES string of the molecule is COC(=O)c1ccc([C@H](C)C(=O)O)cc1. The molecule has 0 spiro atoms. The van der Waals surface area contributed by atoms with Crippen LogP contribution >= 0.6 is 0 Å². The first-order valence-corrected chi connectivity index (χ1v) is 4.47. The Morgan fingerprint density at radius 1 is 1.27 bits per heavy atom. The molecule has 80 valence electrons. The molecule has 15 heavy (non-hydrogen) atoms. The zero-order valence-electron chi connectivity index (χ0n) is 8.56. The zero-order chi connectivity index (χ0) is 11.4. The average Bonchev–Trinajstić information content (AvgIpc) is 2.27. The van der Waals surface area contributed by atoms with Gasteiger partial charge in [0, 0.05) is 0 Å². The molecule has 0 radical (unpaired) electrons. The minimum atomic E-state index is -0.888. The molecule has 4 nitrogen and oxygen atoms in total. The topological polar surface area (TPSA) is 63.6 Å². The Morgan fingerprint density at radius 2 is 1.80 bits per heavy atom. The largest absolute Gasteiger partial charge is 0.481 e. The van der Waals surface area contributed by atoms with Crippen LogP contribution in [0.5, 0.6) is 0 Å². The van der Waals surface area contributed by atoms with Crippen molar-refractivity contribution in [2.24, 2.45) is 0 Å². The monoisotopic (exact) mass is 208 g/mol. The number of methoxy groups -OCH3 is 1. The van der Waals surface area contributed by atoms with Crippen LogP contribution < -0.4 is 0 Å². The summed E-state index contributed by atoms with van der Waals surface area (Å²) in [5.74, 6) is -1.89. The molecule has 0 bridgehead atoms. The van der Waals surface area contributed by atoms with Crippen molar-refractivity contribution in [1.29, 1.82) is 0 Å². The first-order chi connectivity index (χ1) is 7.06. The number of ether oxygens (including phenoxy) is 1. The number of esters is 1. The number of hydrogen-bond acceptors (Lipinski definition) is 3. The first kappa shape index (κ1) is 11.2. The van der Waals surface area contributed by atoms with Crippen LogP contribution in [0.2, 0.25) is 0 Å². The Hall–Kier alpha value is -1.84. The van der Waals surface area contributed by atoms with Gasteiger partial charge >= 0.3 is 11.9 Å². The molecule has 1 atom stereocenters. The molecule has 0 unspecified atom stereocenters. The van der Waals surface area contributed by atoms with Crippen molar-refractivity contribution >= 4 is 11.9 Å². The van der Waals surface area contributed by atoms with Crippen molar-refractivity contribution in [2.75, 3.05) is 7.11 Å². The minimum Gasteiger partial charge on any atom is -0.481 e. The van der Waals surface area contributed by atoms with Crippen molar-refractivity contribution in [1.82, 2.24) is 0 Å². The van der Waals surface area contributed by atoms with E-state index in [9.17, 15) is 9.59 Å². The van der Waals surface area contributed by atoms with Gasteiger partial charge in [-0.3, -0.25) is 4.79 Å². The van der Waals surface area contributed by atoms with E-state index in [-0.39, 0.29) is 0 Å². The van der Waals surface area contributed by atoms with Crippen molar-refractivity contribution in [3.8, 4) is 0 Å². The Kier molecular flexibility index (Phi) is 3.44. The van der Waals surface area contributed by atoms with E-state index in [1.165, 1.54) is 7.11 Å². The lowest BCUT2D eigenvalue weighted by molar-refractivity contribution is -0.138. The molecule has 0 fully saturated rings. The van der Waals surface area contributed by atoms with Crippen LogP contribution in [-0.4, -0.2) is 24.2 Å². The number of rotatable bonds is 3. The van der Waals surface area contributed by atoms with Gasteiger partial charge in [0.1, 0.15) is 0 Å². The Bertz CT molecular complexity index is 367. The highest BCUT2D eigenvalue weighted by molar-refractivity contribution is 5.89. The summed E-state index contributed by atoms with van der Waals surface area (Å²) < 4.78 is 4.53. The Balaban J connectivity index is 2.90. The quantitative estimate of drug-likeness (QED) is 0.767. The van der Waals surface area contributed by atoms with Crippen LogP contribution in [0.1, 0.15) is 28.8 Å². The van der Waals surface area contributed by atoms with Crippen molar-refractivity contribution < 1.29 is 19.4 Å². The molecular weight excluding hydrogens is 196 g/mol. The van der Waals surface area contributed by atoms with Gasteiger partial charge in [-0.15, -0.1) is 0 Å². The van der Waals surface area contributed by atoms with E-state index in [1.54, 1.807) is 31.2 Å². The molecule has 0 aliphatic rings. The fourth-order valence-electron chi connectivity index (χ4n) is 1.17. The van der Waals surface area contributed by atoms with Crippen LogP contribution in [0.25, 0.3) is 0 Å². The smallest absolute Gasteiger partial charge is 0.337 e. The molecule has 0 aliphatic carbocycles. The summed E-state index contributed by atoms with van der Waals surface area (Å²) in [5, 5.41) is 8.77. The van der Waals surface area contributed by atoms with Gasteiger partial charge in [-0.05, 0) is 24.6 Å².